The third-order valence-corrected chi connectivity index (χ3v) is 1.93. The van der Waals surface area contributed by atoms with E-state index in [1.807, 2.05) is 4.90 Å². The highest BCUT2D eigenvalue weighted by molar-refractivity contribution is 5.77. The van der Waals surface area contributed by atoms with Crippen LogP contribution in [-0.4, -0.2) is 43.7 Å². The van der Waals surface area contributed by atoms with Crippen LogP contribution in [0.3, 0.4) is 0 Å². The molecule has 1 saturated heterocycles. The van der Waals surface area contributed by atoms with E-state index in [2.05, 4.69) is 0 Å². The monoisotopic (exact) mass is 172 g/mol. The van der Waals surface area contributed by atoms with Crippen molar-refractivity contribution >= 4 is 5.91 Å². The van der Waals surface area contributed by atoms with Gasteiger partial charge in [-0.3, -0.25) is 4.79 Å². The van der Waals surface area contributed by atoms with Crippen molar-refractivity contribution < 1.29 is 9.53 Å². The first-order valence-corrected chi connectivity index (χ1v) is 4.40. The van der Waals surface area contributed by atoms with Gasteiger partial charge in [0.15, 0.2) is 0 Å². The van der Waals surface area contributed by atoms with E-state index in [-0.39, 0.29) is 12.5 Å². The maximum atomic E-state index is 11.3. The molecule has 0 aromatic rings. The van der Waals surface area contributed by atoms with E-state index in [1.54, 1.807) is 0 Å². The van der Waals surface area contributed by atoms with Crippen molar-refractivity contribution in [1.29, 1.82) is 0 Å². The molecule has 0 aliphatic carbocycles. The molecule has 1 heterocycles. The second kappa shape index (κ2) is 5.11. The fraction of sp³-hybridized carbons (Fsp3) is 0.875. The molecule has 4 nitrogen and oxygen atoms in total. The number of hydrogen-bond acceptors (Lipinski definition) is 3. The number of carbonyl (C=O) groups excluding carboxylic acids is 1. The lowest BCUT2D eigenvalue weighted by atomic mass is 10.3. The molecule has 0 saturated carbocycles. The summed E-state index contributed by atoms with van der Waals surface area (Å²) >= 11 is 0. The predicted octanol–water partition coefficient (Wildman–Crippen LogP) is -0.416. The van der Waals surface area contributed by atoms with Crippen LogP contribution in [0.1, 0.15) is 12.8 Å². The summed E-state index contributed by atoms with van der Waals surface area (Å²) in [6.07, 6.45) is 1.82. The number of carbonyl (C=O) groups is 1. The zero-order valence-corrected chi connectivity index (χ0v) is 7.29. The summed E-state index contributed by atoms with van der Waals surface area (Å²) in [4.78, 5) is 13.1. The highest BCUT2D eigenvalue weighted by atomic mass is 16.5. The number of amides is 1. The minimum absolute atomic E-state index is 0.0981. The maximum Gasteiger partial charge on any atom is 0.248 e. The lowest BCUT2D eigenvalue weighted by Gasteiger charge is -2.18. The van der Waals surface area contributed by atoms with E-state index in [1.165, 1.54) is 0 Å². The van der Waals surface area contributed by atoms with Crippen LogP contribution in [0.4, 0.5) is 0 Å². The van der Waals surface area contributed by atoms with Crippen molar-refractivity contribution in [1.82, 2.24) is 4.90 Å². The Bertz CT molecular complexity index is 150. The Labute approximate surface area is 72.7 Å². The summed E-state index contributed by atoms with van der Waals surface area (Å²) < 4.78 is 5.09. The van der Waals surface area contributed by atoms with E-state index in [4.69, 9.17) is 10.5 Å². The third kappa shape index (κ3) is 2.79. The summed E-state index contributed by atoms with van der Waals surface area (Å²) in [5, 5.41) is 0. The number of nitrogens with zero attached hydrogens (tertiary/aromatic N) is 1. The second-order valence-corrected chi connectivity index (χ2v) is 2.93. The first kappa shape index (κ1) is 9.48. The summed E-state index contributed by atoms with van der Waals surface area (Å²) in [7, 11) is 0. The molecule has 2 N–H and O–H groups in total. The molecule has 0 aromatic heterocycles. The third-order valence-electron chi connectivity index (χ3n) is 1.93. The molecule has 1 fully saturated rings. The second-order valence-electron chi connectivity index (χ2n) is 2.93. The summed E-state index contributed by atoms with van der Waals surface area (Å²) in [6, 6.07) is 0. The van der Waals surface area contributed by atoms with Crippen LogP contribution in [0.5, 0.6) is 0 Å². The Balaban J connectivity index is 2.31. The van der Waals surface area contributed by atoms with Gasteiger partial charge in [-0.2, -0.15) is 0 Å². The van der Waals surface area contributed by atoms with Gasteiger partial charge in [0.25, 0.3) is 0 Å². The Morgan fingerprint density at radius 3 is 3.17 bits per heavy atom. The largest absolute Gasteiger partial charge is 0.372 e. The number of nitrogens with two attached hydrogens (primary N) is 1. The molecule has 1 aliphatic rings. The molecule has 4 heteroatoms. The SMILES string of the molecule is NCCCN1CCCOCC1=O. The first-order valence-electron chi connectivity index (χ1n) is 4.40. The molecule has 0 unspecified atom stereocenters. The fourth-order valence-corrected chi connectivity index (χ4v) is 1.25. The van der Waals surface area contributed by atoms with Crippen molar-refractivity contribution in [3.63, 3.8) is 0 Å². The van der Waals surface area contributed by atoms with Crippen molar-refractivity contribution in [2.24, 2.45) is 5.73 Å². The van der Waals surface area contributed by atoms with Gasteiger partial charge in [0, 0.05) is 19.7 Å². The van der Waals surface area contributed by atoms with Crippen molar-refractivity contribution in [3.05, 3.63) is 0 Å². The van der Waals surface area contributed by atoms with Crippen LogP contribution in [0.15, 0.2) is 0 Å². The minimum Gasteiger partial charge on any atom is -0.372 e. The van der Waals surface area contributed by atoms with Crippen LogP contribution in [0.2, 0.25) is 0 Å². The molecule has 0 radical (unpaired) electrons. The van der Waals surface area contributed by atoms with Crippen molar-refractivity contribution in [3.8, 4) is 0 Å². The average molecular weight is 172 g/mol. The van der Waals surface area contributed by atoms with Gasteiger partial charge in [-0.15, -0.1) is 0 Å². The average Bonchev–Trinajstić information content (AvgIpc) is 2.27. The zero-order valence-electron chi connectivity index (χ0n) is 7.29. The van der Waals surface area contributed by atoms with Gasteiger partial charge in [0.05, 0.1) is 0 Å². The van der Waals surface area contributed by atoms with E-state index in [0.29, 0.717) is 13.2 Å². The Kier molecular flexibility index (Phi) is 4.04. The van der Waals surface area contributed by atoms with Crippen molar-refractivity contribution in [2.45, 2.75) is 12.8 Å². The molecule has 1 rings (SSSR count). The Morgan fingerprint density at radius 2 is 2.42 bits per heavy atom. The molecule has 0 spiro atoms. The van der Waals surface area contributed by atoms with Crippen LogP contribution < -0.4 is 5.73 Å². The fourth-order valence-electron chi connectivity index (χ4n) is 1.25. The summed E-state index contributed by atoms with van der Waals surface area (Å²) in [6.45, 7) is 3.18. The highest BCUT2D eigenvalue weighted by Gasteiger charge is 2.15. The van der Waals surface area contributed by atoms with Crippen LogP contribution in [0, 0.1) is 0 Å². The zero-order chi connectivity index (χ0) is 8.81. The van der Waals surface area contributed by atoms with E-state index in [0.717, 1.165) is 25.9 Å². The molecule has 0 bridgehead atoms. The van der Waals surface area contributed by atoms with Gasteiger partial charge < -0.3 is 15.4 Å². The van der Waals surface area contributed by atoms with E-state index >= 15 is 0 Å². The molecule has 12 heavy (non-hydrogen) atoms. The lowest BCUT2D eigenvalue weighted by molar-refractivity contribution is -0.133. The number of rotatable bonds is 3. The molecular formula is C8H16N2O2. The molecule has 1 aliphatic heterocycles. The lowest BCUT2D eigenvalue weighted by Crippen LogP contribution is -2.34. The quantitative estimate of drug-likeness (QED) is 0.629. The van der Waals surface area contributed by atoms with Gasteiger partial charge in [-0.25, -0.2) is 0 Å². The maximum absolute atomic E-state index is 11.3. The number of hydrogen-bond donors (Lipinski definition) is 1. The predicted molar refractivity (Wildman–Crippen MR) is 45.7 cm³/mol. The normalized spacial score (nSPS) is 19.4. The minimum atomic E-state index is 0.0981. The highest BCUT2D eigenvalue weighted by Crippen LogP contribution is 2.00. The topological polar surface area (TPSA) is 55.6 Å². The summed E-state index contributed by atoms with van der Waals surface area (Å²) in [5.74, 6) is 0.0981. The van der Waals surface area contributed by atoms with Gasteiger partial charge in [0.2, 0.25) is 5.91 Å². The molecule has 0 aromatic carbocycles. The molecule has 0 atom stereocenters. The van der Waals surface area contributed by atoms with Gasteiger partial charge in [0.1, 0.15) is 6.61 Å². The summed E-state index contributed by atoms with van der Waals surface area (Å²) in [5.41, 5.74) is 5.36. The van der Waals surface area contributed by atoms with Crippen LogP contribution in [-0.2, 0) is 9.53 Å². The molecule has 70 valence electrons. The van der Waals surface area contributed by atoms with E-state index < -0.39 is 0 Å². The first-order chi connectivity index (χ1) is 5.84. The Morgan fingerprint density at radius 1 is 1.58 bits per heavy atom. The van der Waals surface area contributed by atoms with Crippen LogP contribution >= 0.6 is 0 Å². The van der Waals surface area contributed by atoms with Gasteiger partial charge >= 0.3 is 0 Å². The standard InChI is InChI=1S/C8H16N2O2/c9-3-1-4-10-5-2-6-12-7-8(10)11/h1-7,9H2. The molecule has 1 amide bonds. The van der Waals surface area contributed by atoms with Gasteiger partial charge in [-0.05, 0) is 19.4 Å². The van der Waals surface area contributed by atoms with Gasteiger partial charge in [-0.1, -0.05) is 0 Å². The van der Waals surface area contributed by atoms with Crippen molar-refractivity contribution in [2.75, 3.05) is 32.8 Å². The smallest absolute Gasteiger partial charge is 0.248 e. The molecular weight excluding hydrogens is 156 g/mol. The van der Waals surface area contributed by atoms with Crippen LogP contribution in [0.25, 0.3) is 0 Å². The van der Waals surface area contributed by atoms with E-state index in [9.17, 15) is 4.79 Å². The Hall–Kier alpha value is -0.610. The number of ether oxygens (including phenoxy) is 1.